The first-order valence-electron chi connectivity index (χ1n) is 18.6. The summed E-state index contributed by atoms with van der Waals surface area (Å²) in [5.74, 6) is 0.688. The molecule has 0 N–H and O–H groups in total. The minimum Gasteiger partial charge on any atom is -0.456 e. The molecule has 0 spiro atoms. The van der Waals surface area contributed by atoms with Gasteiger partial charge in [0.15, 0.2) is 5.82 Å². The van der Waals surface area contributed by atoms with Gasteiger partial charge in [-0.1, -0.05) is 159 Å². The number of fused-ring (bicyclic) bond motifs is 9. The first kappa shape index (κ1) is 30.8. The molecule has 0 fully saturated rings. The van der Waals surface area contributed by atoms with Gasteiger partial charge in [-0.2, -0.15) is 0 Å². The first-order valence-corrected chi connectivity index (χ1v) is 18.6. The van der Waals surface area contributed by atoms with Crippen LogP contribution in [0.4, 0.5) is 0 Å². The van der Waals surface area contributed by atoms with Gasteiger partial charge in [0.05, 0.1) is 11.4 Å². The van der Waals surface area contributed by atoms with E-state index < -0.39 is 0 Å². The van der Waals surface area contributed by atoms with E-state index in [9.17, 15) is 0 Å². The van der Waals surface area contributed by atoms with E-state index in [2.05, 4.69) is 153 Å². The van der Waals surface area contributed by atoms with Gasteiger partial charge in [0.2, 0.25) is 0 Å². The van der Waals surface area contributed by atoms with Gasteiger partial charge in [-0.15, -0.1) is 0 Å². The molecule has 2 aromatic heterocycles. The highest BCUT2D eigenvalue weighted by Crippen LogP contribution is 2.55. The molecule has 11 rings (SSSR count). The topological polar surface area (TPSA) is 38.9 Å². The molecule has 0 aliphatic heterocycles. The van der Waals surface area contributed by atoms with Crippen LogP contribution in [0.15, 0.2) is 174 Å². The van der Waals surface area contributed by atoms with Crippen molar-refractivity contribution in [3.05, 3.63) is 181 Å². The van der Waals surface area contributed by atoms with Gasteiger partial charge in [0.25, 0.3) is 0 Å². The summed E-state index contributed by atoms with van der Waals surface area (Å²) < 4.78 is 6.30. The summed E-state index contributed by atoms with van der Waals surface area (Å²) >= 11 is 0. The lowest BCUT2D eigenvalue weighted by Crippen LogP contribution is -2.14. The molecule has 0 atom stereocenters. The minimum atomic E-state index is -0.114. The fraction of sp³-hybridized carbons (Fsp3) is 0.0588. The number of furan rings is 1. The number of rotatable bonds is 4. The van der Waals surface area contributed by atoms with Crippen molar-refractivity contribution in [3.8, 4) is 56.2 Å². The van der Waals surface area contributed by atoms with Crippen LogP contribution < -0.4 is 0 Å². The number of nitrogens with zero attached hydrogens (tertiary/aromatic N) is 2. The monoisotopic (exact) mass is 690 g/mol. The van der Waals surface area contributed by atoms with Gasteiger partial charge in [-0.05, 0) is 79.2 Å². The van der Waals surface area contributed by atoms with Crippen LogP contribution in [0.5, 0.6) is 0 Å². The molecule has 0 saturated carbocycles. The van der Waals surface area contributed by atoms with E-state index in [4.69, 9.17) is 14.4 Å². The molecule has 0 bridgehead atoms. The molecule has 54 heavy (non-hydrogen) atoms. The van der Waals surface area contributed by atoms with Crippen molar-refractivity contribution in [2.45, 2.75) is 19.3 Å². The van der Waals surface area contributed by atoms with E-state index in [1.54, 1.807) is 0 Å². The Morgan fingerprint density at radius 2 is 1.07 bits per heavy atom. The van der Waals surface area contributed by atoms with Crippen molar-refractivity contribution in [1.29, 1.82) is 0 Å². The van der Waals surface area contributed by atoms with E-state index >= 15 is 0 Å². The lowest BCUT2D eigenvalue weighted by molar-refractivity contribution is 0.661. The van der Waals surface area contributed by atoms with Crippen LogP contribution in [0.1, 0.15) is 25.0 Å². The minimum absolute atomic E-state index is 0.114. The molecular weight excluding hydrogens is 657 g/mol. The van der Waals surface area contributed by atoms with Crippen LogP contribution in [-0.2, 0) is 5.41 Å². The molecule has 8 aromatic carbocycles. The number of para-hydroxylation sites is 1. The lowest BCUT2D eigenvalue weighted by Gasteiger charge is -2.22. The van der Waals surface area contributed by atoms with Gasteiger partial charge in [0, 0.05) is 32.9 Å². The molecule has 0 saturated heterocycles. The van der Waals surface area contributed by atoms with E-state index in [-0.39, 0.29) is 5.41 Å². The SMILES string of the molecule is CC1(C)c2cccc(-c3ccc(-c4cc(-c5ccc6c(c5)oc5ccccc56)nc(-c5ccccc5)n4)c4ccccc34)c2-c2c1ccc1ccccc21. The first-order chi connectivity index (χ1) is 26.5. The second-order valence-corrected chi connectivity index (χ2v) is 14.9. The Morgan fingerprint density at radius 3 is 1.93 bits per heavy atom. The number of benzene rings is 8. The van der Waals surface area contributed by atoms with E-state index in [0.29, 0.717) is 5.82 Å². The molecular formula is C51H34N2O. The van der Waals surface area contributed by atoms with E-state index in [0.717, 1.165) is 55.4 Å². The van der Waals surface area contributed by atoms with Crippen molar-refractivity contribution >= 4 is 43.5 Å². The van der Waals surface area contributed by atoms with Gasteiger partial charge in [0.1, 0.15) is 11.2 Å². The Labute approximate surface area is 313 Å². The van der Waals surface area contributed by atoms with Crippen LogP contribution >= 0.6 is 0 Å². The molecule has 1 aliphatic carbocycles. The zero-order valence-electron chi connectivity index (χ0n) is 30.0. The Balaban J connectivity index is 1.12. The Kier molecular flexibility index (Phi) is 6.60. The highest BCUT2D eigenvalue weighted by molar-refractivity contribution is 6.12. The van der Waals surface area contributed by atoms with Crippen LogP contribution in [0, 0.1) is 0 Å². The fourth-order valence-corrected chi connectivity index (χ4v) is 8.87. The molecule has 0 radical (unpaired) electrons. The maximum Gasteiger partial charge on any atom is 0.160 e. The third kappa shape index (κ3) is 4.55. The van der Waals surface area contributed by atoms with Gasteiger partial charge in [-0.3, -0.25) is 0 Å². The molecule has 2 heterocycles. The number of aromatic nitrogens is 2. The van der Waals surface area contributed by atoms with E-state index in [1.807, 2.05) is 30.3 Å². The molecule has 10 aromatic rings. The van der Waals surface area contributed by atoms with Crippen molar-refractivity contribution < 1.29 is 4.42 Å². The summed E-state index contributed by atoms with van der Waals surface area (Å²) in [7, 11) is 0. The lowest BCUT2D eigenvalue weighted by atomic mass is 9.81. The smallest absolute Gasteiger partial charge is 0.160 e. The Hall–Kier alpha value is -6.84. The molecule has 0 amide bonds. The average Bonchev–Trinajstić information content (AvgIpc) is 3.72. The zero-order chi connectivity index (χ0) is 36.0. The van der Waals surface area contributed by atoms with E-state index in [1.165, 1.54) is 49.5 Å². The van der Waals surface area contributed by atoms with Gasteiger partial charge in [-0.25, -0.2) is 9.97 Å². The predicted octanol–water partition coefficient (Wildman–Crippen LogP) is 13.7. The van der Waals surface area contributed by atoms with Gasteiger partial charge >= 0.3 is 0 Å². The molecule has 3 nitrogen and oxygen atoms in total. The normalized spacial score (nSPS) is 13.1. The fourth-order valence-electron chi connectivity index (χ4n) is 8.87. The van der Waals surface area contributed by atoms with Crippen LogP contribution in [-0.4, -0.2) is 9.97 Å². The highest BCUT2D eigenvalue weighted by Gasteiger charge is 2.38. The van der Waals surface area contributed by atoms with Crippen LogP contribution in [0.25, 0.3) is 99.6 Å². The third-order valence-electron chi connectivity index (χ3n) is 11.5. The van der Waals surface area contributed by atoms with Crippen LogP contribution in [0.3, 0.4) is 0 Å². The summed E-state index contributed by atoms with van der Waals surface area (Å²) in [5.41, 5.74) is 14.3. The maximum atomic E-state index is 6.30. The Bertz CT molecular complexity index is 3130. The molecule has 0 unspecified atom stereocenters. The Morgan fingerprint density at radius 1 is 0.407 bits per heavy atom. The quantitative estimate of drug-likeness (QED) is 0.184. The van der Waals surface area contributed by atoms with Crippen molar-refractivity contribution in [3.63, 3.8) is 0 Å². The summed E-state index contributed by atoms with van der Waals surface area (Å²) in [6.07, 6.45) is 0. The maximum absolute atomic E-state index is 6.30. The summed E-state index contributed by atoms with van der Waals surface area (Å²) in [5, 5.41) is 7.13. The molecule has 254 valence electrons. The third-order valence-corrected chi connectivity index (χ3v) is 11.5. The number of hydrogen-bond donors (Lipinski definition) is 0. The highest BCUT2D eigenvalue weighted by atomic mass is 16.3. The van der Waals surface area contributed by atoms with Crippen molar-refractivity contribution in [2.24, 2.45) is 0 Å². The standard InChI is InChI=1S/C51H34N2O/c1-51(2)42-21-12-20-41(49(42)48-34-16-7-6-13-31(34)24-28-43(48)51)37-26-27-38(36-18-9-8-17-35(36)37)45-30-44(52-50(53-45)32-14-4-3-5-15-32)33-23-25-40-39-19-10-11-22-46(39)54-47(40)29-33/h3-30H,1-2H3. The predicted molar refractivity (Wildman–Crippen MR) is 224 cm³/mol. The second kappa shape index (κ2) is 11.6. The zero-order valence-corrected chi connectivity index (χ0v) is 30.0. The summed E-state index contributed by atoms with van der Waals surface area (Å²) in [6, 6.07) is 60.6. The number of hydrogen-bond acceptors (Lipinski definition) is 3. The average molecular weight is 691 g/mol. The van der Waals surface area contributed by atoms with Crippen molar-refractivity contribution in [2.75, 3.05) is 0 Å². The van der Waals surface area contributed by atoms with Gasteiger partial charge < -0.3 is 4.42 Å². The molecule has 1 aliphatic rings. The molecule has 3 heteroatoms. The van der Waals surface area contributed by atoms with Crippen molar-refractivity contribution in [1.82, 2.24) is 9.97 Å². The summed E-state index contributed by atoms with van der Waals surface area (Å²) in [4.78, 5) is 10.4. The van der Waals surface area contributed by atoms with Crippen LogP contribution in [0.2, 0.25) is 0 Å². The second-order valence-electron chi connectivity index (χ2n) is 14.9. The largest absolute Gasteiger partial charge is 0.456 e. The summed E-state index contributed by atoms with van der Waals surface area (Å²) in [6.45, 7) is 4.72.